The third kappa shape index (κ3) is 6.46. The number of anilines is 1. The van der Waals surface area contributed by atoms with E-state index in [-0.39, 0.29) is 17.7 Å². The molecular formula is C30H36N4O2S. The van der Waals surface area contributed by atoms with Gasteiger partial charge >= 0.3 is 0 Å². The van der Waals surface area contributed by atoms with Crippen molar-refractivity contribution in [2.45, 2.75) is 57.9 Å². The van der Waals surface area contributed by atoms with Crippen molar-refractivity contribution in [2.24, 2.45) is 5.92 Å². The number of thiazole rings is 1. The van der Waals surface area contributed by atoms with Gasteiger partial charge in [0, 0.05) is 30.9 Å². The highest BCUT2D eigenvalue weighted by molar-refractivity contribution is 7.15. The van der Waals surface area contributed by atoms with Gasteiger partial charge in [0.2, 0.25) is 11.8 Å². The van der Waals surface area contributed by atoms with E-state index in [9.17, 15) is 9.59 Å². The molecule has 0 radical (unpaired) electrons. The number of nitrogens with one attached hydrogen (secondary N) is 2. The predicted octanol–water partition coefficient (Wildman–Crippen LogP) is 5.61. The fourth-order valence-electron chi connectivity index (χ4n) is 5.42. The third-order valence-electron chi connectivity index (χ3n) is 7.40. The second-order valence-corrected chi connectivity index (χ2v) is 11.4. The molecule has 1 saturated heterocycles. The van der Waals surface area contributed by atoms with E-state index in [2.05, 4.69) is 69.0 Å². The Morgan fingerprint density at radius 1 is 1.05 bits per heavy atom. The summed E-state index contributed by atoms with van der Waals surface area (Å²) in [7, 11) is 0. The molecule has 0 spiro atoms. The molecule has 0 bridgehead atoms. The van der Waals surface area contributed by atoms with Crippen LogP contribution in [0.1, 0.15) is 61.1 Å². The Morgan fingerprint density at radius 3 is 2.62 bits per heavy atom. The lowest BCUT2D eigenvalue weighted by atomic mass is 9.90. The van der Waals surface area contributed by atoms with Crippen LogP contribution >= 0.6 is 11.3 Å². The Balaban J connectivity index is 1.10. The Bertz CT molecular complexity index is 1210. The van der Waals surface area contributed by atoms with E-state index in [0.29, 0.717) is 24.0 Å². The number of carbonyl (C=O) groups is 2. The van der Waals surface area contributed by atoms with Gasteiger partial charge in [0.1, 0.15) is 0 Å². The number of hydrogen-bond acceptors (Lipinski definition) is 5. The lowest BCUT2D eigenvalue weighted by Gasteiger charge is -2.21. The zero-order valence-corrected chi connectivity index (χ0v) is 22.4. The van der Waals surface area contributed by atoms with Gasteiger partial charge in [0.05, 0.1) is 11.6 Å². The molecule has 1 aliphatic heterocycles. The number of carbonyl (C=O) groups excluding carboxylic acids is 2. The summed E-state index contributed by atoms with van der Waals surface area (Å²) in [6, 6.07) is 19.3. The molecule has 2 N–H and O–H groups in total. The van der Waals surface area contributed by atoms with E-state index in [4.69, 9.17) is 0 Å². The van der Waals surface area contributed by atoms with Crippen molar-refractivity contribution < 1.29 is 9.59 Å². The number of likely N-dealkylation sites (tertiary alicyclic amines) is 1. The van der Waals surface area contributed by atoms with E-state index in [1.54, 1.807) is 0 Å². The van der Waals surface area contributed by atoms with Gasteiger partial charge in [0.25, 0.3) is 0 Å². The van der Waals surface area contributed by atoms with E-state index in [1.165, 1.54) is 28.0 Å². The standard InChI is InChI=1S/C30H36N4O2S/c1-2-7-27(35)32-30-33-28-25(10-6-11-26(28)37-30)29(36)31-18-22-16-17-34(20-22)19-21-12-14-24(15-13-21)23-8-4-3-5-9-23/h3-5,8-9,12-15,22,25H,2,6-7,10-11,16-20H2,1H3,(H,31,36)(H,32,33,35). The summed E-state index contributed by atoms with van der Waals surface area (Å²) in [4.78, 5) is 33.4. The average Bonchev–Trinajstić information content (AvgIpc) is 3.54. The van der Waals surface area contributed by atoms with Gasteiger partial charge in [-0.25, -0.2) is 4.98 Å². The Kier molecular flexibility index (Phi) is 8.31. The van der Waals surface area contributed by atoms with Gasteiger partial charge in [-0.05, 0) is 61.3 Å². The highest BCUT2D eigenvalue weighted by Gasteiger charge is 2.31. The maximum Gasteiger partial charge on any atom is 0.229 e. The smallest absolute Gasteiger partial charge is 0.229 e. The molecular weight excluding hydrogens is 480 g/mol. The largest absolute Gasteiger partial charge is 0.355 e. The number of fused-ring (bicyclic) bond motifs is 1. The molecule has 1 aromatic heterocycles. The average molecular weight is 517 g/mol. The Morgan fingerprint density at radius 2 is 1.84 bits per heavy atom. The van der Waals surface area contributed by atoms with Crippen molar-refractivity contribution in [3.8, 4) is 11.1 Å². The van der Waals surface area contributed by atoms with Gasteiger partial charge < -0.3 is 10.6 Å². The van der Waals surface area contributed by atoms with Crippen molar-refractivity contribution >= 4 is 28.3 Å². The molecule has 6 nitrogen and oxygen atoms in total. The molecule has 2 aliphatic rings. The summed E-state index contributed by atoms with van der Waals surface area (Å²) < 4.78 is 0. The van der Waals surface area contributed by atoms with Gasteiger partial charge in [-0.3, -0.25) is 14.5 Å². The fraction of sp³-hybridized carbons (Fsp3) is 0.433. The zero-order chi connectivity index (χ0) is 25.6. The number of amides is 2. The van der Waals surface area contributed by atoms with Crippen LogP contribution in [0.4, 0.5) is 5.13 Å². The number of benzene rings is 2. The van der Waals surface area contributed by atoms with Gasteiger partial charge in [-0.15, -0.1) is 11.3 Å². The third-order valence-corrected chi connectivity index (χ3v) is 8.44. The van der Waals surface area contributed by atoms with Gasteiger partial charge in [-0.2, -0.15) is 0 Å². The van der Waals surface area contributed by atoms with Crippen LogP contribution in [0.5, 0.6) is 0 Å². The predicted molar refractivity (Wildman–Crippen MR) is 150 cm³/mol. The number of rotatable bonds is 9. The molecule has 1 aliphatic carbocycles. The molecule has 7 heteroatoms. The topological polar surface area (TPSA) is 74.3 Å². The zero-order valence-electron chi connectivity index (χ0n) is 21.5. The normalized spacial score (nSPS) is 19.4. The van der Waals surface area contributed by atoms with Crippen LogP contribution in [0, 0.1) is 5.92 Å². The molecule has 3 aromatic rings. The first-order valence-electron chi connectivity index (χ1n) is 13.5. The summed E-state index contributed by atoms with van der Waals surface area (Å²) in [6.45, 7) is 5.69. The summed E-state index contributed by atoms with van der Waals surface area (Å²) in [5.74, 6) is 0.326. The SMILES string of the molecule is CCCC(=O)Nc1nc2c(s1)CCCC2C(=O)NCC1CCN(Cc2ccc(-c3ccccc3)cc2)C1. The molecule has 2 aromatic carbocycles. The van der Waals surface area contributed by atoms with Crippen molar-refractivity contribution in [1.29, 1.82) is 0 Å². The van der Waals surface area contributed by atoms with Crippen molar-refractivity contribution in [3.63, 3.8) is 0 Å². The number of nitrogens with zero attached hydrogens (tertiary/aromatic N) is 2. The van der Waals surface area contributed by atoms with Crippen molar-refractivity contribution in [2.75, 3.05) is 25.0 Å². The van der Waals surface area contributed by atoms with Crippen molar-refractivity contribution in [3.05, 3.63) is 70.7 Å². The quantitative estimate of drug-likeness (QED) is 0.388. The summed E-state index contributed by atoms with van der Waals surface area (Å²) in [6.07, 6.45) is 5.14. The molecule has 5 rings (SSSR count). The monoisotopic (exact) mass is 516 g/mol. The fourth-order valence-corrected chi connectivity index (χ4v) is 6.50. The lowest BCUT2D eigenvalue weighted by molar-refractivity contribution is -0.123. The first-order chi connectivity index (χ1) is 18.1. The summed E-state index contributed by atoms with van der Waals surface area (Å²) in [5.41, 5.74) is 4.68. The van der Waals surface area contributed by atoms with E-state index in [0.717, 1.165) is 62.3 Å². The van der Waals surface area contributed by atoms with Crippen LogP contribution in [-0.2, 0) is 22.6 Å². The molecule has 194 valence electrons. The molecule has 2 atom stereocenters. The summed E-state index contributed by atoms with van der Waals surface area (Å²) in [5, 5.41) is 6.76. The van der Waals surface area contributed by atoms with Crippen LogP contribution in [0.2, 0.25) is 0 Å². The van der Waals surface area contributed by atoms with E-state index >= 15 is 0 Å². The molecule has 37 heavy (non-hydrogen) atoms. The molecule has 0 saturated carbocycles. The van der Waals surface area contributed by atoms with Crippen LogP contribution in [0.15, 0.2) is 54.6 Å². The highest BCUT2D eigenvalue weighted by atomic mass is 32.1. The number of hydrogen-bond donors (Lipinski definition) is 2. The lowest BCUT2D eigenvalue weighted by Crippen LogP contribution is -2.35. The van der Waals surface area contributed by atoms with Gasteiger partial charge in [0.15, 0.2) is 5.13 Å². The minimum atomic E-state index is -0.211. The van der Waals surface area contributed by atoms with Gasteiger partial charge in [-0.1, -0.05) is 61.5 Å². The van der Waals surface area contributed by atoms with Crippen LogP contribution in [-0.4, -0.2) is 41.3 Å². The molecule has 2 heterocycles. The number of aromatic nitrogens is 1. The van der Waals surface area contributed by atoms with Crippen LogP contribution in [0.25, 0.3) is 11.1 Å². The van der Waals surface area contributed by atoms with E-state index < -0.39 is 0 Å². The Labute approximate surface area is 223 Å². The minimum Gasteiger partial charge on any atom is -0.355 e. The first-order valence-corrected chi connectivity index (χ1v) is 14.3. The molecule has 2 unspecified atom stereocenters. The van der Waals surface area contributed by atoms with Crippen LogP contribution in [0.3, 0.4) is 0 Å². The number of aryl methyl sites for hydroxylation is 1. The Hall–Kier alpha value is -3.03. The minimum absolute atomic E-state index is 0.00692. The second-order valence-electron chi connectivity index (χ2n) is 10.3. The first kappa shape index (κ1) is 25.6. The maximum atomic E-state index is 13.1. The molecule has 1 fully saturated rings. The maximum absolute atomic E-state index is 13.1. The highest BCUT2D eigenvalue weighted by Crippen LogP contribution is 2.37. The van der Waals surface area contributed by atoms with Crippen molar-refractivity contribution in [1.82, 2.24) is 15.2 Å². The van der Waals surface area contributed by atoms with Crippen LogP contribution < -0.4 is 10.6 Å². The molecule has 2 amide bonds. The van der Waals surface area contributed by atoms with E-state index in [1.807, 2.05) is 13.0 Å². The summed E-state index contributed by atoms with van der Waals surface area (Å²) >= 11 is 1.53. The second kappa shape index (κ2) is 12.0.